The molecule has 1 amide bonds. The number of halogens is 2. The predicted molar refractivity (Wildman–Crippen MR) is 79.3 cm³/mol. The molecule has 8 heteroatoms. The lowest BCUT2D eigenvalue weighted by molar-refractivity contribution is -0.0498. The highest BCUT2D eigenvalue weighted by molar-refractivity contribution is 5.99. The number of aliphatic hydroxyl groups is 1. The van der Waals surface area contributed by atoms with E-state index in [1.165, 1.54) is 18.3 Å². The van der Waals surface area contributed by atoms with E-state index < -0.39 is 6.61 Å². The molecule has 23 heavy (non-hydrogen) atoms. The minimum absolute atomic E-state index is 0.00731. The zero-order chi connectivity index (χ0) is 16.8. The van der Waals surface area contributed by atoms with Crippen LogP contribution in [0.2, 0.25) is 0 Å². The molecule has 0 radical (unpaired) electrons. The number of aromatic amines is 1. The van der Waals surface area contributed by atoms with Crippen molar-refractivity contribution in [3.63, 3.8) is 0 Å². The molecule has 2 aromatic rings. The van der Waals surface area contributed by atoms with Gasteiger partial charge in [-0.25, -0.2) is 0 Å². The van der Waals surface area contributed by atoms with Gasteiger partial charge in [0.1, 0.15) is 5.75 Å². The van der Waals surface area contributed by atoms with E-state index in [1.54, 1.807) is 19.1 Å². The maximum absolute atomic E-state index is 12.3. The first-order valence-electron chi connectivity index (χ1n) is 7.01. The van der Waals surface area contributed by atoms with E-state index in [0.717, 1.165) is 0 Å². The number of carbonyl (C=O) groups is 1. The Balaban J connectivity index is 2.22. The van der Waals surface area contributed by atoms with Gasteiger partial charge in [0.2, 0.25) is 0 Å². The number of hydrogen-bond acceptors (Lipinski definition) is 4. The molecule has 0 saturated heterocycles. The molecule has 0 saturated carbocycles. The Morgan fingerprint density at radius 1 is 1.48 bits per heavy atom. The molecule has 0 aliphatic carbocycles. The van der Waals surface area contributed by atoms with Crippen molar-refractivity contribution >= 4 is 5.91 Å². The molecule has 1 atom stereocenters. The van der Waals surface area contributed by atoms with Crippen LogP contribution < -0.4 is 10.1 Å². The van der Waals surface area contributed by atoms with Gasteiger partial charge in [-0.15, -0.1) is 0 Å². The number of H-pyrrole nitrogens is 1. The highest BCUT2D eigenvalue weighted by Crippen LogP contribution is 2.26. The van der Waals surface area contributed by atoms with Gasteiger partial charge in [0.15, 0.2) is 0 Å². The third-order valence-electron chi connectivity index (χ3n) is 3.17. The van der Waals surface area contributed by atoms with Crippen molar-refractivity contribution in [2.45, 2.75) is 26.0 Å². The maximum Gasteiger partial charge on any atom is 0.387 e. The number of amides is 1. The van der Waals surface area contributed by atoms with E-state index in [0.29, 0.717) is 17.7 Å². The fourth-order valence-corrected chi connectivity index (χ4v) is 2.07. The first-order valence-corrected chi connectivity index (χ1v) is 7.01. The number of ether oxygens (including phenoxy) is 1. The smallest absolute Gasteiger partial charge is 0.387 e. The molecule has 1 heterocycles. The lowest BCUT2D eigenvalue weighted by atomic mass is 10.1. The zero-order valence-corrected chi connectivity index (χ0v) is 12.4. The second-order valence-electron chi connectivity index (χ2n) is 4.95. The Morgan fingerprint density at radius 3 is 2.96 bits per heavy atom. The summed E-state index contributed by atoms with van der Waals surface area (Å²) in [7, 11) is 0. The molecular formula is C15H17F2N3O3. The lowest BCUT2D eigenvalue weighted by Gasteiger charge is -2.12. The Bertz CT molecular complexity index is 661. The van der Waals surface area contributed by atoms with Gasteiger partial charge in [0, 0.05) is 18.2 Å². The lowest BCUT2D eigenvalue weighted by Crippen LogP contribution is -2.33. The molecule has 1 unspecified atom stereocenters. The molecule has 1 aromatic carbocycles. The average Bonchev–Trinajstić information content (AvgIpc) is 2.96. The summed E-state index contributed by atoms with van der Waals surface area (Å²) in [5, 5.41) is 18.1. The molecule has 0 aliphatic heterocycles. The summed E-state index contributed by atoms with van der Waals surface area (Å²) >= 11 is 0. The second kappa shape index (κ2) is 7.68. The van der Waals surface area contributed by atoms with E-state index in [9.17, 15) is 13.6 Å². The highest BCUT2D eigenvalue weighted by Gasteiger charge is 2.17. The number of aromatic nitrogens is 2. The van der Waals surface area contributed by atoms with Gasteiger partial charge in [-0.3, -0.25) is 9.89 Å². The molecule has 6 nitrogen and oxygen atoms in total. The quantitative estimate of drug-likeness (QED) is 0.728. The van der Waals surface area contributed by atoms with Crippen molar-refractivity contribution in [1.29, 1.82) is 0 Å². The summed E-state index contributed by atoms with van der Waals surface area (Å²) < 4.78 is 28.9. The topological polar surface area (TPSA) is 87.2 Å². The predicted octanol–water partition coefficient (Wildman–Crippen LogP) is 2.18. The molecule has 0 spiro atoms. The summed E-state index contributed by atoms with van der Waals surface area (Å²) in [6.07, 6.45) is 1.79. The fraction of sp³-hybridized carbons (Fsp3) is 0.333. The number of alkyl halides is 2. The maximum atomic E-state index is 12.3. The van der Waals surface area contributed by atoms with Crippen LogP contribution in [-0.2, 0) is 0 Å². The Labute approximate surface area is 131 Å². The van der Waals surface area contributed by atoms with Gasteiger partial charge in [-0.05, 0) is 25.5 Å². The molecule has 2 rings (SSSR count). The van der Waals surface area contributed by atoms with Gasteiger partial charge < -0.3 is 15.2 Å². The number of hydrogen-bond donors (Lipinski definition) is 3. The van der Waals surface area contributed by atoms with Gasteiger partial charge in [0.05, 0.1) is 17.5 Å². The molecule has 0 bridgehead atoms. The van der Waals surface area contributed by atoms with Crippen LogP contribution in [-0.4, -0.2) is 40.5 Å². The minimum Gasteiger partial charge on any atom is -0.435 e. The van der Waals surface area contributed by atoms with Crippen molar-refractivity contribution in [3.05, 3.63) is 36.0 Å². The summed E-state index contributed by atoms with van der Waals surface area (Å²) in [6.45, 7) is -1.19. The molecule has 1 aromatic heterocycles. The summed E-state index contributed by atoms with van der Waals surface area (Å²) in [4.78, 5) is 12.2. The Morgan fingerprint density at radius 2 is 2.26 bits per heavy atom. The van der Waals surface area contributed by atoms with Gasteiger partial charge in [-0.2, -0.15) is 13.9 Å². The van der Waals surface area contributed by atoms with E-state index in [4.69, 9.17) is 5.11 Å². The van der Waals surface area contributed by atoms with Crippen LogP contribution in [0.25, 0.3) is 11.3 Å². The van der Waals surface area contributed by atoms with Crippen molar-refractivity contribution < 1.29 is 23.4 Å². The van der Waals surface area contributed by atoms with Gasteiger partial charge in [0.25, 0.3) is 5.91 Å². The van der Waals surface area contributed by atoms with E-state index in [-0.39, 0.29) is 29.9 Å². The van der Waals surface area contributed by atoms with Gasteiger partial charge in [-0.1, -0.05) is 12.1 Å². The SMILES string of the molecule is CC(CCO)NC(=O)c1cn[nH]c1-c1cccc(OC(F)F)c1. The zero-order valence-electron chi connectivity index (χ0n) is 12.4. The van der Waals surface area contributed by atoms with E-state index in [2.05, 4.69) is 20.3 Å². The van der Waals surface area contributed by atoms with Crippen LogP contribution in [0.5, 0.6) is 5.75 Å². The summed E-state index contributed by atoms with van der Waals surface area (Å²) in [6, 6.07) is 5.79. The number of nitrogens with zero attached hydrogens (tertiary/aromatic N) is 1. The first-order chi connectivity index (χ1) is 11.0. The van der Waals surface area contributed by atoms with Crippen molar-refractivity contribution in [2.75, 3.05) is 6.61 Å². The van der Waals surface area contributed by atoms with Crippen LogP contribution in [0, 0.1) is 0 Å². The highest BCUT2D eigenvalue weighted by atomic mass is 19.3. The monoisotopic (exact) mass is 325 g/mol. The largest absolute Gasteiger partial charge is 0.435 e. The standard InChI is InChI=1S/C15H17F2N3O3/c1-9(5-6-21)19-14(22)12-8-18-20-13(12)10-3-2-4-11(7-10)23-15(16)17/h2-4,7-9,15,21H,5-6H2,1H3,(H,18,20)(H,19,22). The minimum atomic E-state index is -2.92. The van der Waals surface area contributed by atoms with Crippen LogP contribution in [0.3, 0.4) is 0 Å². The molecule has 3 N–H and O–H groups in total. The third kappa shape index (κ3) is 4.49. The van der Waals surface area contributed by atoms with Crippen molar-refractivity contribution in [1.82, 2.24) is 15.5 Å². The average molecular weight is 325 g/mol. The van der Waals surface area contributed by atoms with Crippen molar-refractivity contribution in [3.8, 4) is 17.0 Å². The Kier molecular flexibility index (Phi) is 5.64. The van der Waals surface area contributed by atoms with Crippen molar-refractivity contribution in [2.24, 2.45) is 0 Å². The molecule has 0 fully saturated rings. The number of aliphatic hydroxyl groups excluding tert-OH is 1. The van der Waals surface area contributed by atoms with Crippen LogP contribution in [0.1, 0.15) is 23.7 Å². The third-order valence-corrected chi connectivity index (χ3v) is 3.17. The summed E-state index contributed by atoms with van der Waals surface area (Å²) in [5.41, 5.74) is 1.18. The molecule has 124 valence electrons. The first kappa shape index (κ1) is 16.9. The van der Waals surface area contributed by atoms with Crippen LogP contribution in [0.15, 0.2) is 30.5 Å². The van der Waals surface area contributed by atoms with Gasteiger partial charge >= 0.3 is 6.61 Å². The number of nitrogens with one attached hydrogen (secondary N) is 2. The van der Waals surface area contributed by atoms with Crippen LogP contribution >= 0.6 is 0 Å². The number of carbonyl (C=O) groups excluding carboxylic acids is 1. The fourth-order valence-electron chi connectivity index (χ4n) is 2.07. The van der Waals surface area contributed by atoms with E-state index >= 15 is 0 Å². The van der Waals surface area contributed by atoms with Crippen LogP contribution in [0.4, 0.5) is 8.78 Å². The number of benzene rings is 1. The molecule has 0 aliphatic rings. The van der Waals surface area contributed by atoms with E-state index in [1.807, 2.05) is 0 Å². The molecular weight excluding hydrogens is 308 g/mol. The summed E-state index contributed by atoms with van der Waals surface area (Å²) in [5.74, 6) is -0.373. The second-order valence-corrected chi connectivity index (χ2v) is 4.95. The Hall–Kier alpha value is -2.48. The number of rotatable bonds is 7. The normalized spacial score (nSPS) is 12.2.